The number of hydrazone groups is 1. The Morgan fingerprint density at radius 2 is 1.95 bits per heavy atom. The van der Waals surface area contributed by atoms with Crippen LogP contribution in [0, 0.1) is 30.6 Å². The van der Waals surface area contributed by atoms with E-state index in [9.17, 15) is 9.90 Å². The summed E-state index contributed by atoms with van der Waals surface area (Å²) in [5.74, 6) is 0.620. The van der Waals surface area contributed by atoms with Gasteiger partial charge in [0.15, 0.2) is 0 Å². The van der Waals surface area contributed by atoms with Crippen molar-refractivity contribution in [2.24, 2.45) is 28.8 Å². The normalized spacial score (nSPS) is 38.4. The molecule has 0 radical (unpaired) electrons. The average Bonchev–Trinajstić information content (AvgIpc) is 2.98. The Morgan fingerprint density at radius 1 is 1.20 bits per heavy atom. The Morgan fingerprint density at radius 3 is 2.70 bits per heavy atom. The van der Waals surface area contributed by atoms with Gasteiger partial charge in [-0.25, -0.2) is 5.43 Å². The van der Waals surface area contributed by atoms with Crippen LogP contribution in [-0.2, 0) is 4.79 Å². The van der Waals surface area contributed by atoms with Crippen LogP contribution in [0.5, 0.6) is 0 Å². The third-order valence-electron chi connectivity index (χ3n) is 5.22. The maximum atomic E-state index is 12.1. The number of benzene rings is 1. The minimum Gasteiger partial charge on any atom is -0.393 e. The minimum atomic E-state index is -0.275. The van der Waals surface area contributed by atoms with E-state index in [1.807, 2.05) is 0 Å². The monoisotopic (exact) mass is 270 g/mol. The van der Waals surface area contributed by atoms with Crippen LogP contribution < -0.4 is 5.43 Å². The number of hydrogen-bond donors (Lipinski definition) is 2. The van der Waals surface area contributed by atoms with Gasteiger partial charge in [0, 0.05) is 5.92 Å². The number of rotatable bonds is 1. The maximum absolute atomic E-state index is 12.1. The van der Waals surface area contributed by atoms with E-state index in [0.29, 0.717) is 5.92 Å². The fourth-order valence-corrected chi connectivity index (χ4v) is 4.32. The number of nitrogens with zero attached hydrogens (tertiary/aromatic N) is 1. The first-order valence-electron chi connectivity index (χ1n) is 7.27. The fraction of sp³-hybridized carbons (Fsp3) is 0.500. The summed E-state index contributed by atoms with van der Waals surface area (Å²) < 4.78 is 0. The molecule has 1 amide bonds. The number of nitrogens with one attached hydrogen (secondary N) is 1. The number of aryl methyl sites for hydroxylation is 1. The van der Waals surface area contributed by atoms with E-state index in [1.165, 1.54) is 5.56 Å². The summed E-state index contributed by atoms with van der Waals surface area (Å²) in [6, 6.07) is 8.24. The van der Waals surface area contributed by atoms with Crippen LogP contribution in [0.2, 0.25) is 0 Å². The summed E-state index contributed by atoms with van der Waals surface area (Å²) >= 11 is 0. The fourth-order valence-electron chi connectivity index (χ4n) is 4.32. The zero-order valence-corrected chi connectivity index (χ0v) is 11.4. The van der Waals surface area contributed by atoms with Crippen molar-refractivity contribution in [1.29, 1.82) is 0 Å². The first kappa shape index (κ1) is 12.1. The molecule has 5 atom stereocenters. The van der Waals surface area contributed by atoms with Gasteiger partial charge < -0.3 is 5.11 Å². The average molecular weight is 270 g/mol. The van der Waals surface area contributed by atoms with Gasteiger partial charge in [0.2, 0.25) is 5.91 Å². The van der Waals surface area contributed by atoms with E-state index in [0.717, 1.165) is 24.1 Å². The second kappa shape index (κ2) is 4.16. The van der Waals surface area contributed by atoms with Gasteiger partial charge in [0.25, 0.3) is 0 Å². The molecule has 4 rings (SSSR count). The molecule has 104 valence electrons. The highest BCUT2D eigenvalue weighted by atomic mass is 16.3. The third kappa shape index (κ3) is 1.57. The molecule has 1 aromatic carbocycles. The van der Waals surface area contributed by atoms with Crippen molar-refractivity contribution >= 4 is 11.6 Å². The van der Waals surface area contributed by atoms with Gasteiger partial charge >= 0.3 is 0 Å². The molecule has 1 heterocycles. The number of fused-ring (bicyclic) bond motifs is 5. The molecule has 4 nitrogen and oxygen atoms in total. The second-order valence-electron chi connectivity index (χ2n) is 6.35. The lowest BCUT2D eigenvalue weighted by atomic mass is 9.73. The van der Waals surface area contributed by atoms with E-state index in [2.05, 4.69) is 41.7 Å². The molecule has 1 aromatic rings. The van der Waals surface area contributed by atoms with Crippen molar-refractivity contribution in [3.8, 4) is 0 Å². The summed E-state index contributed by atoms with van der Waals surface area (Å²) in [6.45, 7) is 2.05. The third-order valence-corrected chi connectivity index (χ3v) is 5.22. The Kier molecular flexibility index (Phi) is 2.51. The molecule has 1 aliphatic heterocycles. The van der Waals surface area contributed by atoms with Crippen molar-refractivity contribution in [2.45, 2.75) is 25.9 Å². The Hall–Kier alpha value is -1.68. The van der Waals surface area contributed by atoms with Crippen molar-refractivity contribution in [1.82, 2.24) is 5.43 Å². The SMILES string of the molecule is Cc1ccc(C2=NNC(=O)[C@H]3[C@@H]4C[C@H]([C@@H]23)[C@H](O)C4)cc1. The number of amides is 1. The van der Waals surface area contributed by atoms with Crippen LogP contribution in [-0.4, -0.2) is 22.8 Å². The number of carbonyl (C=O) groups is 1. The predicted octanol–water partition coefficient (Wildman–Crippen LogP) is 1.46. The van der Waals surface area contributed by atoms with Crippen molar-refractivity contribution in [3.63, 3.8) is 0 Å². The highest BCUT2D eigenvalue weighted by molar-refractivity contribution is 6.07. The maximum Gasteiger partial charge on any atom is 0.244 e. The molecule has 2 aliphatic carbocycles. The van der Waals surface area contributed by atoms with E-state index < -0.39 is 0 Å². The largest absolute Gasteiger partial charge is 0.393 e. The highest BCUT2D eigenvalue weighted by Gasteiger charge is 2.57. The van der Waals surface area contributed by atoms with Crippen LogP contribution in [0.3, 0.4) is 0 Å². The van der Waals surface area contributed by atoms with Gasteiger partial charge in [0.05, 0.1) is 17.7 Å². The van der Waals surface area contributed by atoms with Crippen molar-refractivity contribution in [3.05, 3.63) is 35.4 Å². The van der Waals surface area contributed by atoms with Crippen LogP contribution in [0.15, 0.2) is 29.4 Å². The molecule has 2 N–H and O–H groups in total. The molecule has 0 saturated heterocycles. The number of aliphatic hydroxyl groups is 1. The summed E-state index contributed by atoms with van der Waals surface area (Å²) in [5, 5.41) is 14.5. The minimum absolute atomic E-state index is 0.00259. The Bertz CT molecular complexity index is 593. The van der Waals surface area contributed by atoms with Gasteiger partial charge in [-0.3, -0.25) is 4.79 Å². The molecule has 3 aliphatic rings. The molecule has 4 heteroatoms. The van der Waals surface area contributed by atoms with Crippen LogP contribution in [0.25, 0.3) is 0 Å². The van der Waals surface area contributed by atoms with Crippen molar-refractivity contribution < 1.29 is 9.90 Å². The van der Waals surface area contributed by atoms with Gasteiger partial charge in [-0.2, -0.15) is 5.10 Å². The lowest BCUT2D eigenvalue weighted by molar-refractivity contribution is -0.129. The van der Waals surface area contributed by atoms with Crippen LogP contribution >= 0.6 is 0 Å². The Labute approximate surface area is 117 Å². The summed E-state index contributed by atoms with van der Waals surface area (Å²) in [5.41, 5.74) is 5.90. The number of aliphatic hydroxyl groups excluding tert-OH is 1. The summed E-state index contributed by atoms with van der Waals surface area (Å²) in [7, 11) is 0. The molecule has 0 aromatic heterocycles. The van der Waals surface area contributed by atoms with Gasteiger partial charge in [-0.15, -0.1) is 0 Å². The van der Waals surface area contributed by atoms with Crippen LogP contribution in [0.1, 0.15) is 24.0 Å². The smallest absolute Gasteiger partial charge is 0.244 e. The Balaban J connectivity index is 1.76. The standard InChI is InChI=1S/C16H18N2O2/c1-8-2-4-9(5-3-8)15-14-11-6-10(7-12(11)19)13(14)16(20)18-17-15/h2-5,10-14,19H,6-7H2,1H3,(H,18,20)/t10-,11+,12-,13+,14-/m1/s1. The molecule has 2 fully saturated rings. The first-order valence-corrected chi connectivity index (χ1v) is 7.27. The summed E-state index contributed by atoms with van der Waals surface area (Å²) in [6.07, 6.45) is 1.44. The second-order valence-corrected chi connectivity index (χ2v) is 6.35. The molecular formula is C16H18N2O2. The van der Waals surface area contributed by atoms with Crippen LogP contribution in [0.4, 0.5) is 0 Å². The number of carbonyl (C=O) groups excluding carboxylic acids is 1. The van der Waals surface area contributed by atoms with E-state index >= 15 is 0 Å². The highest BCUT2D eigenvalue weighted by Crippen LogP contribution is 2.54. The molecule has 0 unspecified atom stereocenters. The lowest BCUT2D eigenvalue weighted by Crippen LogP contribution is -2.48. The van der Waals surface area contributed by atoms with Gasteiger partial charge in [-0.05, 0) is 37.2 Å². The van der Waals surface area contributed by atoms with E-state index in [1.54, 1.807) is 0 Å². The summed E-state index contributed by atoms with van der Waals surface area (Å²) in [4.78, 5) is 12.1. The van der Waals surface area contributed by atoms with Gasteiger partial charge in [0.1, 0.15) is 0 Å². The van der Waals surface area contributed by atoms with E-state index in [4.69, 9.17) is 0 Å². The van der Waals surface area contributed by atoms with Gasteiger partial charge in [-0.1, -0.05) is 29.8 Å². The molecule has 0 spiro atoms. The lowest BCUT2D eigenvalue weighted by Gasteiger charge is -2.36. The zero-order valence-electron chi connectivity index (χ0n) is 11.4. The predicted molar refractivity (Wildman–Crippen MR) is 75.1 cm³/mol. The molecule has 20 heavy (non-hydrogen) atoms. The first-order chi connectivity index (χ1) is 9.65. The van der Waals surface area contributed by atoms with E-state index in [-0.39, 0.29) is 29.8 Å². The number of hydrogen-bond acceptors (Lipinski definition) is 3. The molecule has 2 bridgehead atoms. The zero-order chi connectivity index (χ0) is 13.9. The topological polar surface area (TPSA) is 61.7 Å². The van der Waals surface area contributed by atoms with Crippen molar-refractivity contribution in [2.75, 3.05) is 0 Å². The molecular weight excluding hydrogens is 252 g/mol. The quantitative estimate of drug-likeness (QED) is 0.811. The molecule has 2 saturated carbocycles.